The molecular weight excluding hydrogens is 172 g/mol. The first-order valence-corrected chi connectivity index (χ1v) is 5.57. The fraction of sp³-hybridized carbons (Fsp3) is 0.615. The molecule has 4 unspecified atom stereocenters. The molecule has 0 aromatic carbocycles. The quantitative estimate of drug-likeness (QED) is 0.612. The van der Waals surface area contributed by atoms with Crippen LogP contribution in [0.3, 0.4) is 0 Å². The van der Waals surface area contributed by atoms with E-state index >= 15 is 0 Å². The van der Waals surface area contributed by atoms with E-state index in [1.54, 1.807) is 0 Å². The van der Waals surface area contributed by atoms with Crippen LogP contribution in [0.4, 0.5) is 0 Å². The van der Waals surface area contributed by atoms with Gasteiger partial charge in [-0.3, -0.25) is 4.79 Å². The molecule has 0 bridgehead atoms. The summed E-state index contributed by atoms with van der Waals surface area (Å²) in [6, 6.07) is 0. The number of hydrogen-bond donors (Lipinski definition) is 0. The lowest BCUT2D eigenvalue weighted by molar-refractivity contribution is -0.124. The van der Waals surface area contributed by atoms with Gasteiger partial charge >= 0.3 is 0 Å². The summed E-state index contributed by atoms with van der Waals surface area (Å²) in [6.45, 7) is 4.35. The summed E-state index contributed by atoms with van der Waals surface area (Å²) in [7, 11) is 0. The zero-order valence-electron chi connectivity index (χ0n) is 8.94. The third kappa shape index (κ3) is 1.82. The Morgan fingerprint density at radius 1 is 0.929 bits per heavy atom. The predicted molar refractivity (Wildman–Crippen MR) is 57.8 cm³/mol. The van der Waals surface area contributed by atoms with Crippen molar-refractivity contribution in [2.24, 2.45) is 23.7 Å². The lowest BCUT2D eigenvalue weighted by atomic mass is 9.89. The van der Waals surface area contributed by atoms with E-state index < -0.39 is 0 Å². The molecule has 0 saturated heterocycles. The highest BCUT2D eigenvalue weighted by molar-refractivity contribution is 5.87. The van der Waals surface area contributed by atoms with Crippen molar-refractivity contribution in [2.45, 2.75) is 26.7 Å². The van der Waals surface area contributed by atoms with Crippen molar-refractivity contribution in [1.82, 2.24) is 0 Å². The summed E-state index contributed by atoms with van der Waals surface area (Å²) in [6.07, 6.45) is 10.6. The second-order valence-corrected chi connectivity index (χ2v) is 4.81. The molecule has 0 aliphatic heterocycles. The molecule has 0 saturated carbocycles. The summed E-state index contributed by atoms with van der Waals surface area (Å²) in [5.74, 6) is 2.01. The molecule has 0 aromatic heterocycles. The van der Waals surface area contributed by atoms with Gasteiger partial charge in [-0.25, -0.2) is 0 Å². The van der Waals surface area contributed by atoms with Crippen molar-refractivity contribution >= 4 is 5.78 Å². The standard InChI is InChI=1S/C13H18O/c1-9-3-5-11(7-9)13(14)12-6-4-10(2)8-12/h3-6,9-12H,7-8H2,1-2H3. The van der Waals surface area contributed by atoms with Crippen LogP contribution in [-0.2, 0) is 4.79 Å². The first-order chi connectivity index (χ1) is 6.66. The first-order valence-electron chi connectivity index (χ1n) is 5.57. The molecule has 0 aromatic rings. The van der Waals surface area contributed by atoms with Crippen LogP contribution in [0.25, 0.3) is 0 Å². The third-order valence-electron chi connectivity index (χ3n) is 3.33. The van der Waals surface area contributed by atoms with Crippen LogP contribution in [-0.4, -0.2) is 5.78 Å². The molecule has 0 fully saturated rings. The van der Waals surface area contributed by atoms with Crippen molar-refractivity contribution in [3.05, 3.63) is 24.3 Å². The molecule has 14 heavy (non-hydrogen) atoms. The largest absolute Gasteiger partial charge is 0.298 e. The van der Waals surface area contributed by atoms with E-state index in [0.29, 0.717) is 17.6 Å². The fourth-order valence-electron chi connectivity index (χ4n) is 2.46. The van der Waals surface area contributed by atoms with Crippen molar-refractivity contribution in [1.29, 1.82) is 0 Å². The Labute approximate surface area is 85.9 Å². The normalized spacial score (nSPS) is 40.7. The highest BCUT2D eigenvalue weighted by atomic mass is 16.1. The minimum atomic E-state index is 0.199. The maximum absolute atomic E-state index is 12.0. The summed E-state index contributed by atoms with van der Waals surface area (Å²) >= 11 is 0. The Bertz CT molecular complexity index is 260. The van der Waals surface area contributed by atoms with E-state index in [1.807, 2.05) is 0 Å². The van der Waals surface area contributed by atoms with Gasteiger partial charge in [0.2, 0.25) is 0 Å². The molecule has 0 radical (unpaired) electrons. The van der Waals surface area contributed by atoms with Crippen LogP contribution in [0.15, 0.2) is 24.3 Å². The monoisotopic (exact) mass is 190 g/mol. The van der Waals surface area contributed by atoms with Crippen LogP contribution in [0.2, 0.25) is 0 Å². The van der Waals surface area contributed by atoms with E-state index in [-0.39, 0.29) is 11.8 Å². The molecule has 0 spiro atoms. The maximum Gasteiger partial charge on any atom is 0.146 e. The van der Waals surface area contributed by atoms with Gasteiger partial charge in [0.1, 0.15) is 5.78 Å². The lowest BCUT2D eigenvalue weighted by Crippen LogP contribution is -2.19. The Kier molecular flexibility index (Phi) is 2.58. The average Bonchev–Trinajstić information content (AvgIpc) is 2.73. The van der Waals surface area contributed by atoms with Gasteiger partial charge in [0, 0.05) is 11.8 Å². The Balaban J connectivity index is 1.97. The summed E-state index contributed by atoms with van der Waals surface area (Å²) in [4.78, 5) is 12.0. The van der Waals surface area contributed by atoms with Gasteiger partial charge in [-0.05, 0) is 24.7 Å². The van der Waals surface area contributed by atoms with E-state index in [1.165, 1.54) is 0 Å². The zero-order valence-corrected chi connectivity index (χ0v) is 8.94. The van der Waals surface area contributed by atoms with Gasteiger partial charge in [0.05, 0.1) is 0 Å². The van der Waals surface area contributed by atoms with Crippen LogP contribution >= 0.6 is 0 Å². The van der Waals surface area contributed by atoms with Gasteiger partial charge in [-0.15, -0.1) is 0 Å². The van der Waals surface area contributed by atoms with Crippen LogP contribution in [0.5, 0.6) is 0 Å². The van der Waals surface area contributed by atoms with Crippen LogP contribution in [0, 0.1) is 23.7 Å². The summed E-state index contributed by atoms with van der Waals surface area (Å²) in [5.41, 5.74) is 0. The topological polar surface area (TPSA) is 17.1 Å². The van der Waals surface area contributed by atoms with Crippen molar-refractivity contribution in [3.63, 3.8) is 0 Å². The molecule has 4 atom stereocenters. The molecule has 76 valence electrons. The van der Waals surface area contributed by atoms with Crippen LogP contribution < -0.4 is 0 Å². The Hall–Kier alpha value is -0.850. The fourth-order valence-corrected chi connectivity index (χ4v) is 2.46. The molecular formula is C13H18O. The van der Waals surface area contributed by atoms with Gasteiger partial charge in [0.15, 0.2) is 0 Å². The van der Waals surface area contributed by atoms with E-state index in [2.05, 4.69) is 38.2 Å². The first kappa shape index (κ1) is 9.70. The number of ketones is 1. The second kappa shape index (κ2) is 3.72. The summed E-state index contributed by atoms with van der Waals surface area (Å²) in [5, 5.41) is 0. The van der Waals surface area contributed by atoms with E-state index in [0.717, 1.165) is 12.8 Å². The Morgan fingerprint density at radius 2 is 1.36 bits per heavy atom. The number of carbonyl (C=O) groups excluding carboxylic acids is 1. The highest BCUT2D eigenvalue weighted by Crippen LogP contribution is 2.31. The van der Waals surface area contributed by atoms with Crippen LogP contribution in [0.1, 0.15) is 26.7 Å². The molecule has 0 heterocycles. The van der Waals surface area contributed by atoms with Gasteiger partial charge < -0.3 is 0 Å². The van der Waals surface area contributed by atoms with Crippen molar-refractivity contribution in [3.8, 4) is 0 Å². The van der Waals surface area contributed by atoms with Crippen molar-refractivity contribution in [2.75, 3.05) is 0 Å². The van der Waals surface area contributed by atoms with Gasteiger partial charge in [-0.2, -0.15) is 0 Å². The molecule has 0 amide bonds. The van der Waals surface area contributed by atoms with Gasteiger partial charge in [0.25, 0.3) is 0 Å². The summed E-state index contributed by atoms with van der Waals surface area (Å²) < 4.78 is 0. The number of Topliss-reactive ketones (excluding diaryl/α,β-unsaturated/α-hetero) is 1. The number of carbonyl (C=O) groups is 1. The average molecular weight is 190 g/mol. The highest BCUT2D eigenvalue weighted by Gasteiger charge is 2.29. The van der Waals surface area contributed by atoms with E-state index in [9.17, 15) is 4.79 Å². The van der Waals surface area contributed by atoms with Gasteiger partial charge in [-0.1, -0.05) is 38.2 Å². The third-order valence-corrected chi connectivity index (χ3v) is 3.33. The minimum absolute atomic E-state index is 0.199. The maximum atomic E-state index is 12.0. The number of rotatable bonds is 2. The Morgan fingerprint density at radius 3 is 1.64 bits per heavy atom. The lowest BCUT2D eigenvalue weighted by Gasteiger charge is -2.13. The second-order valence-electron chi connectivity index (χ2n) is 4.81. The molecule has 0 N–H and O–H groups in total. The predicted octanol–water partition coefficient (Wildman–Crippen LogP) is 2.98. The van der Waals surface area contributed by atoms with Crippen molar-refractivity contribution < 1.29 is 4.79 Å². The number of hydrogen-bond acceptors (Lipinski definition) is 1. The molecule has 2 rings (SSSR count). The zero-order chi connectivity index (χ0) is 10.1. The number of allylic oxidation sites excluding steroid dienone is 4. The molecule has 2 aliphatic carbocycles. The molecule has 1 nitrogen and oxygen atoms in total. The molecule has 1 heteroatoms. The minimum Gasteiger partial charge on any atom is -0.298 e. The SMILES string of the molecule is CC1C=CC(C(=O)C2C=CC(C)C2)C1. The molecule has 2 aliphatic rings. The van der Waals surface area contributed by atoms with E-state index in [4.69, 9.17) is 0 Å². The smallest absolute Gasteiger partial charge is 0.146 e.